The van der Waals surface area contributed by atoms with E-state index in [1.54, 1.807) is 12.3 Å². The van der Waals surface area contributed by atoms with E-state index < -0.39 is 11.6 Å². The minimum Gasteiger partial charge on any atom is -0.348 e. The third-order valence-electron chi connectivity index (χ3n) is 5.29. The molecular weight excluding hydrogens is 414 g/mol. The highest BCUT2D eigenvalue weighted by atomic mass is 19.2. The van der Waals surface area contributed by atoms with Crippen LogP contribution in [-0.2, 0) is 13.1 Å². The minimum absolute atomic E-state index is 0.0118. The molecule has 8 heteroatoms. The van der Waals surface area contributed by atoms with E-state index in [-0.39, 0.29) is 18.4 Å². The lowest BCUT2D eigenvalue weighted by Crippen LogP contribution is -2.29. The highest BCUT2D eigenvalue weighted by molar-refractivity contribution is 6.08. The minimum atomic E-state index is -0.965. The molecule has 0 saturated heterocycles. The van der Waals surface area contributed by atoms with Gasteiger partial charge in [0, 0.05) is 29.2 Å². The van der Waals surface area contributed by atoms with Crippen molar-refractivity contribution in [3.63, 3.8) is 0 Å². The van der Waals surface area contributed by atoms with Gasteiger partial charge in [-0.05, 0) is 35.7 Å². The van der Waals surface area contributed by atoms with E-state index in [0.717, 1.165) is 33.8 Å². The Morgan fingerprint density at radius 2 is 2.00 bits per heavy atom. The second-order valence-electron chi connectivity index (χ2n) is 7.88. The molecule has 0 bridgehead atoms. The number of amides is 1. The third-order valence-corrected chi connectivity index (χ3v) is 5.29. The van der Waals surface area contributed by atoms with Gasteiger partial charge in [-0.3, -0.25) is 15.0 Å². The Hall–Kier alpha value is -3.81. The average molecular weight is 437 g/mol. The summed E-state index contributed by atoms with van der Waals surface area (Å²) >= 11 is 0. The molecule has 1 aromatic carbocycles. The molecule has 3 aromatic heterocycles. The van der Waals surface area contributed by atoms with Crippen molar-refractivity contribution < 1.29 is 23.5 Å². The topological polar surface area (TPSA) is 71.0 Å². The fourth-order valence-corrected chi connectivity index (χ4v) is 3.89. The Balaban J connectivity index is 1.76. The predicted octanol–water partition coefficient (Wildman–Crippen LogP) is 3.94. The number of carbonyl (C=O) groups excluding carboxylic acids is 1. The molecule has 0 atom stereocenters. The molecule has 1 amide bonds. The fraction of sp³-hybridized carbons (Fsp3) is 0.208. The summed E-state index contributed by atoms with van der Waals surface area (Å²) in [6.45, 7) is 4.47. The zero-order chi connectivity index (χ0) is 22.8. The zero-order valence-electron chi connectivity index (χ0n) is 17.7. The molecule has 4 aromatic rings. The summed E-state index contributed by atoms with van der Waals surface area (Å²) in [4.78, 5) is 17.7. The van der Waals surface area contributed by atoms with Gasteiger partial charge in [-0.2, -0.15) is 0 Å². The fourth-order valence-electron chi connectivity index (χ4n) is 3.89. The first kappa shape index (κ1) is 21.4. The van der Waals surface area contributed by atoms with Gasteiger partial charge in [0.1, 0.15) is 0 Å². The van der Waals surface area contributed by atoms with Crippen LogP contribution in [0.15, 0.2) is 61.1 Å². The third kappa shape index (κ3) is 4.16. The van der Waals surface area contributed by atoms with Crippen LogP contribution in [0.1, 0.15) is 47.1 Å². The maximum atomic E-state index is 13.5. The molecule has 4 rings (SSSR count). The quantitative estimate of drug-likeness (QED) is 0.355. The number of hydrogen-bond donors (Lipinski definition) is 2. The van der Waals surface area contributed by atoms with Crippen molar-refractivity contribution in [1.82, 2.24) is 14.9 Å². The predicted molar refractivity (Wildman–Crippen MR) is 114 cm³/mol. The van der Waals surface area contributed by atoms with E-state index in [1.807, 2.05) is 36.6 Å². The van der Waals surface area contributed by atoms with Gasteiger partial charge in [-0.1, -0.05) is 26.0 Å². The summed E-state index contributed by atoms with van der Waals surface area (Å²) in [7, 11) is 0. The van der Waals surface area contributed by atoms with Crippen molar-refractivity contribution in [3.8, 4) is 0 Å². The van der Waals surface area contributed by atoms with Crippen molar-refractivity contribution in [2.24, 2.45) is 0 Å². The lowest BCUT2D eigenvalue weighted by Gasteiger charge is -2.15. The highest BCUT2D eigenvalue weighted by Gasteiger charge is 2.27. The average Bonchev–Trinajstić information content (AvgIpc) is 3.08. The van der Waals surface area contributed by atoms with E-state index in [4.69, 9.17) is 0 Å². The maximum absolute atomic E-state index is 13.5. The van der Waals surface area contributed by atoms with Crippen LogP contribution in [0.2, 0.25) is 0 Å². The first-order chi connectivity index (χ1) is 15.3. The summed E-state index contributed by atoms with van der Waals surface area (Å²) in [6.07, 6.45) is 4.71. The molecule has 2 N–H and O–H groups in total. The second kappa shape index (κ2) is 8.74. The van der Waals surface area contributed by atoms with Gasteiger partial charge in [0.2, 0.25) is 12.4 Å². The smallest absolute Gasteiger partial charge is 0.254 e. The summed E-state index contributed by atoms with van der Waals surface area (Å²) in [5.41, 5.74) is 3.28. The van der Waals surface area contributed by atoms with Gasteiger partial charge >= 0.3 is 0 Å². The summed E-state index contributed by atoms with van der Waals surface area (Å²) in [6, 6.07) is 10.9. The van der Waals surface area contributed by atoms with Crippen molar-refractivity contribution in [3.05, 3.63) is 95.2 Å². The Morgan fingerprint density at radius 3 is 2.69 bits per heavy atom. The molecule has 0 radical (unpaired) electrons. The van der Waals surface area contributed by atoms with Gasteiger partial charge in [0.05, 0.1) is 28.7 Å². The van der Waals surface area contributed by atoms with Crippen molar-refractivity contribution in [2.75, 3.05) is 0 Å². The van der Waals surface area contributed by atoms with Gasteiger partial charge in [0.15, 0.2) is 11.6 Å². The molecule has 0 spiro atoms. The van der Waals surface area contributed by atoms with Crippen LogP contribution in [0.5, 0.6) is 0 Å². The van der Waals surface area contributed by atoms with Crippen LogP contribution in [0.3, 0.4) is 0 Å². The second-order valence-corrected chi connectivity index (χ2v) is 7.88. The molecule has 0 saturated carbocycles. The van der Waals surface area contributed by atoms with E-state index in [0.29, 0.717) is 23.1 Å². The number of rotatable bonds is 6. The number of carbonyl (C=O) groups is 1. The SMILES string of the molecule is CC(C)c1c(C(=O)NCc2ccc(F)c(F)c2)c2c[n+](O)ccc2n1Cc1ccccn1. The van der Waals surface area contributed by atoms with Gasteiger partial charge in [-0.15, -0.1) is 0 Å². The maximum Gasteiger partial charge on any atom is 0.254 e. The summed E-state index contributed by atoms with van der Waals surface area (Å²) < 4.78 is 29.7. The zero-order valence-corrected chi connectivity index (χ0v) is 17.7. The van der Waals surface area contributed by atoms with Crippen molar-refractivity contribution in [1.29, 1.82) is 0 Å². The van der Waals surface area contributed by atoms with Crippen LogP contribution >= 0.6 is 0 Å². The van der Waals surface area contributed by atoms with Crippen LogP contribution < -0.4 is 10.0 Å². The molecule has 0 aliphatic heterocycles. The number of nitrogens with zero attached hydrogens (tertiary/aromatic N) is 3. The van der Waals surface area contributed by atoms with Gasteiger partial charge in [0.25, 0.3) is 5.91 Å². The molecular formula is C24H23F2N4O2+. The van der Waals surface area contributed by atoms with E-state index >= 15 is 0 Å². The number of fused-ring (bicyclic) bond motifs is 1. The number of benzene rings is 1. The van der Waals surface area contributed by atoms with E-state index in [2.05, 4.69) is 10.3 Å². The number of aromatic nitrogens is 3. The number of pyridine rings is 2. The lowest BCUT2D eigenvalue weighted by atomic mass is 10.0. The Bertz CT molecular complexity index is 1290. The molecule has 0 unspecified atom stereocenters. The molecule has 0 aliphatic carbocycles. The highest BCUT2D eigenvalue weighted by Crippen LogP contribution is 2.31. The number of halogens is 2. The molecule has 32 heavy (non-hydrogen) atoms. The monoisotopic (exact) mass is 437 g/mol. The van der Waals surface area contributed by atoms with Crippen LogP contribution in [-0.4, -0.2) is 20.7 Å². The Kier molecular flexibility index (Phi) is 5.85. The van der Waals surface area contributed by atoms with Crippen LogP contribution in [0.25, 0.3) is 10.9 Å². The van der Waals surface area contributed by atoms with Crippen molar-refractivity contribution >= 4 is 16.8 Å². The first-order valence-electron chi connectivity index (χ1n) is 10.2. The lowest BCUT2D eigenvalue weighted by molar-refractivity contribution is -0.904. The van der Waals surface area contributed by atoms with Crippen molar-refractivity contribution in [2.45, 2.75) is 32.9 Å². The molecule has 3 heterocycles. The largest absolute Gasteiger partial charge is 0.348 e. The Morgan fingerprint density at radius 1 is 1.19 bits per heavy atom. The van der Waals surface area contributed by atoms with Gasteiger partial charge < -0.3 is 9.88 Å². The molecule has 6 nitrogen and oxygen atoms in total. The van der Waals surface area contributed by atoms with E-state index in [9.17, 15) is 18.8 Å². The summed E-state index contributed by atoms with van der Waals surface area (Å²) in [5, 5.41) is 13.4. The van der Waals surface area contributed by atoms with Gasteiger partial charge in [-0.25, -0.2) is 8.78 Å². The standard InChI is InChI=1S/C24H22F2N4O2/c1-15(2)23-22(24(31)28-12-16-6-7-19(25)20(26)11-16)18-14-29(32)10-8-21(18)30(23)13-17-5-3-4-9-27-17/h3-11,14-15H,12-13H2,1-2H3,(H-,28,31,32)/p+1. The normalized spacial score (nSPS) is 11.3. The number of hydrogen-bond acceptors (Lipinski definition) is 3. The molecule has 0 aliphatic rings. The Labute approximate surface area is 183 Å². The van der Waals surface area contributed by atoms with E-state index in [1.165, 1.54) is 18.5 Å². The number of nitrogens with one attached hydrogen (secondary N) is 1. The first-order valence-corrected chi connectivity index (χ1v) is 10.2. The molecule has 164 valence electrons. The van der Waals surface area contributed by atoms with Crippen LogP contribution in [0, 0.1) is 11.6 Å². The molecule has 0 fully saturated rings. The summed E-state index contributed by atoms with van der Waals surface area (Å²) in [5.74, 6) is -2.28. The van der Waals surface area contributed by atoms with Crippen LogP contribution in [0.4, 0.5) is 8.78 Å².